The third-order valence-electron chi connectivity index (χ3n) is 3.84. The van der Waals surface area contributed by atoms with Crippen LogP contribution in [0.15, 0.2) is 18.2 Å². The molecule has 0 bridgehead atoms. The lowest BCUT2D eigenvalue weighted by atomic mass is 9.84. The van der Waals surface area contributed by atoms with Gasteiger partial charge < -0.3 is 20.9 Å². The Bertz CT molecular complexity index is 455. The maximum Gasteiger partial charge on any atom is 0.123 e. The van der Waals surface area contributed by atoms with E-state index in [4.69, 9.17) is 10.5 Å². The van der Waals surface area contributed by atoms with Crippen LogP contribution >= 0.6 is 0 Å². The fraction of sp³-hybridized carbons (Fsp3) is 0.667. The summed E-state index contributed by atoms with van der Waals surface area (Å²) in [5.41, 5.74) is 7.62. The van der Waals surface area contributed by atoms with Crippen LogP contribution < -0.4 is 15.8 Å². The maximum absolute atomic E-state index is 10.6. The Balaban J connectivity index is 3.12. The van der Waals surface area contributed by atoms with Gasteiger partial charge in [-0.3, -0.25) is 0 Å². The molecule has 126 valence electrons. The van der Waals surface area contributed by atoms with Crippen molar-refractivity contribution in [2.24, 2.45) is 5.73 Å². The molecule has 0 spiro atoms. The highest BCUT2D eigenvalue weighted by Gasteiger charge is 2.24. The van der Waals surface area contributed by atoms with Gasteiger partial charge in [-0.2, -0.15) is 0 Å². The van der Waals surface area contributed by atoms with Crippen LogP contribution in [0.4, 0.5) is 0 Å². The second kappa shape index (κ2) is 8.51. The van der Waals surface area contributed by atoms with E-state index in [9.17, 15) is 5.11 Å². The van der Waals surface area contributed by atoms with Crippen LogP contribution in [0.25, 0.3) is 0 Å². The zero-order chi connectivity index (χ0) is 16.8. The second-order valence-corrected chi connectivity index (χ2v) is 6.77. The SMILES string of the molecule is CCCOc1ccc(C(O)C(CCN)NC)cc1C(C)(C)C. The lowest BCUT2D eigenvalue weighted by Crippen LogP contribution is -2.34. The Morgan fingerprint density at radius 1 is 1.32 bits per heavy atom. The molecular weight excluding hydrogens is 276 g/mol. The summed E-state index contributed by atoms with van der Waals surface area (Å²) < 4.78 is 5.86. The summed E-state index contributed by atoms with van der Waals surface area (Å²) in [5.74, 6) is 0.908. The quantitative estimate of drug-likeness (QED) is 0.691. The molecule has 0 saturated carbocycles. The van der Waals surface area contributed by atoms with E-state index in [2.05, 4.69) is 39.1 Å². The predicted molar refractivity (Wildman–Crippen MR) is 92.4 cm³/mol. The maximum atomic E-state index is 10.6. The van der Waals surface area contributed by atoms with E-state index in [-0.39, 0.29) is 11.5 Å². The summed E-state index contributed by atoms with van der Waals surface area (Å²) in [4.78, 5) is 0. The summed E-state index contributed by atoms with van der Waals surface area (Å²) in [6.45, 7) is 9.83. The first kappa shape index (κ1) is 18.9. The number of benzene rings is 1. The summed E-state index contributed by atoms with van der Waals surface area (Å²) in [6, 6.07) is 5.95. The minimum atomic E-state index is -0.574. The molecule has 0 aliphatic heterocycles. The first-order chi connectivity index (χ1) is 10.3. The van der Waals surface area contributed by atoms with Crippen LogP contribution in [0.5, 0.6) is 5.75 Å². The predicted octanol–water partition coefficient (Wildman–Crippen LogP) is 2.74. The van der Waals surface area contributed by atoms with E-state index in [1.54, 1.807) is 0 Å². The highest BCUT2D eigenvalue weighted by molar-refractivity contribution is 5.42. The molecule has 0 radical (unpaired) electrons. The number of ether oxygens (including phenoxy) is 1. The molecule has 0 heterocycles. The minimum Gasteiger partial charge on any atom is -0.493 e. The Morgan fingerprint density at radius 3 is 2.50 bits per heavy atom. The zero-order valence-corrected chi connectivity index (χ0v) is 14.6. The highest BCUT2D eigenvalue weighted by atomic mass is 16.5. The fourth-order valence-electron chi connectivity index (χ4n) is 2.53. The number of likely N-dealkylation sites (N-methyl/N-ethyl adjacent to an activating group) is 1. The molecule has 0 amide bonds. The van der Waals surface area contributed by atoms with Crippen LogP contribution in [-0.4, -0.2) is 31.3 Å². The largest absolute Gasteiger partial charge is 0.493 e. The van der Waals surface area contributed by atoms with Gasteiger partial charge in [-0.05, 0) is 55.1 Å². The molecule has 1 rings (SSSR count). The van der Waals surface area contributed by atoms with Crippen LogP contribution in [0.3, 0.4) is 0 Å². The Kier molecular flexibility index (Phi) is 7.33. The Morgan fingerprint density at radius 2 is 2.00 bits per heavy atom. The summed E-state index contributed by atoms with van der Waals surface area (Å²) in [6.07, 6.45) is 1.14. The van der Waals surface area contributed by atoms with Gasteiger partial charge in [0.2, 0.25) is 0 Å². The van der Waals surface area contributed by atoms with Crippen LogP contribution in [0, 0.1) is 0 Å². The molecule has 0 aliphatic carbocycles. The summed E-state index contributed by atoms with van der Waals surface area (Å²) >= 11 is 0. The monoisotopic (exact) mass is 308 g/mol. The molecule has 1 aromatic rings. The van der Waals surface area contributed by atoms with Gasteiger partial charge in [0.25, 0.3) is 0 Å². The summed E-state index contributed by atoms with van der Waals surface area (Å²) in [5, 5.41) is 13.8. The van der Waals surface area contributed by atoms with Gasteiger partial charge in [-0.15, -0.1) is 0 Å². The number of aliphatic hydroxyl groups is 1. The van der Waals surface area contributed by atoms with Gasteiger partial charge in [-0.1, -0.05) is 33.8 Å². The third kappa shape index (κ3) is 4.97. The second-order valence-electron chi connectivity index (χ2n) is 6.77. The third-order valence-corrected chi connectivity index (χ3v) is 3.84. The zero-order valence-electron chi connectivity index (χ0n) is 14.6. The number of nitrogens with one attached hydrogen (secondary N) is 1. The molecule has 0 aliphatic rings. The van der Waals surface area contributed by atoms with Crippen LogP contribution in [-0.2, 0) is 5.41 Å². The van der Waals surface area contributed by atoms with Crippen molar-refractivity contribution in [2.45, 2.75) is 58.1 Å². The summed E-state index contributed by atoms with van der Waals surface area (Å²) in [7, 11) is 1.85. The van der Waals surface area contributed by atoms with Gasteiger partial charge in [0, 0.05) is 6.04 Å². The average Bonchev–Trinajstić information content (AvgIpc) is 2.48. The molecule has 22 heavy (non-hydrogen) atoms. The number of aliphatic hydroxyl groups excluding tert-OH is 1. The molecule has 0 aromatic heterocycles. The number of rotatable bonds is 8. The van der Waals surface area contributed by atoms with Crippen molar-refractivity contribution in [3.63, 3.8) is 0 Å². The molecule has 0 fully saturated rings. The van der Waals surface area contributed by atoms with Crippen molar-refractivity contribution < 1.29 is 9.84 Å². The fourth-order valence-corrected chi connectivity index (χ4v) is 2.53. The Hall–Kier alpha value is -1.10. The first-order valence-electron chi connectivity index (χ1n) is 8.17. The van der Waals surface area contributed by atoms with Crippen molar-refractivity contribution in [3.8, 4) is 5.75 Å². The number of nitrogens with two attached hydrogens (primary N) is 1. The molecule has 0 saturated heterocycles. The van der Waals surface area contributed by atoms with E-state index < -0.39 is 6.10 Å². The van der Waals surface area contributed by atoms with E-state index in [0.717, 1.165) is 29.7 Å². The smallest absolute Gasteiger partial charge is 0.123 e. The molecule has 1 aromatic carbocycles. The van der Waals surface area contributed by atoms with Crippen LogP contribution in [0.2, 0.25) is 0 Å². The van der Waals surface area contributed by atoms with Gasteiger partial charge in [0.05, 0.1) is 12.7 Å². The van der Waals surface area contributed by atoms with Crippen molar-refractivity contribution in [2.75, 3.05) is 20.2 Å². The number of hydrogen-bond donors (Lipinski definition) is 3. The van der Waals surface area contributed by atoms with Crippen molar-refractivity contribution in [1.82, 2.24) is 5.32 Å². The van der Waals surface area contributed by atoms with E-state index in [1.807, 2.05) is 19.2 Å². The standard InChI is InChI=1S/C18H32N2O2/c1-6-11-22-16-8-7-13(12-14(16)18(2,3)4)17(21)15(20-5)9-10-19/h7-8,12,15,17,20-21H,6,9-11,19H2,1-5H3. The van der Waals surface area contributed by atoms with Gasteiger partial charge in [0.15, 0.2) is 0 Å². The van der Waals surface area contributed by atoms with Crippen molar-refractivity contribution in [3.05, 3.63) is 29.3 Å². The lowest BCUT2D eigenvalue weighted by molar-refractivity contribution is 0.128. The molecule has 4 heteroatoms. The topological polar surface area (TPSA) is 67.5 Å². The van der Waals surface area contributed by atoms with Gasteiger partial charge >= 0.3 is 0 Å². The molecule has 4 N–H and O–H groups in total. The normalized spacial score (nSPS) is 14.7. The van der Waals surface area contributed by atoms with E-state index in [1.165, 1.54) is 0 Å². The molecule has 2 unspecified atom stereocenters. The van der Waals surface area contributed by atoms with Crippen molar-refractivity contribution >= 4 is 0 Å². The van der Waals surface area contributed by atoms with E-state index >= 15 is 0 Å². The minimum absolute atomic E-state index is 0.0399. The first-order valence-corrected chi connectivity index (χ1v) is 8.17. The average molecular weight is 308 g/mol. The number of hydrogen-bond acceptors (Lipinski definition) is 4. The van der Waals surface area contributed by atoms with Crippen LogP contribution in [0.1, 0.15) is 57.8 Å². The Labute approximate surface area is 135 Å². The highest BCUT2D eigenvalue weighted by Crippen LogP contribution is 2.34. The van der Waals surface area contributed by atoms with Gasteiger partial charge in [0.1, 0.15) is 5.75 Å². The molecule has 2 atom stereocenters. The lowest BCUT2D eigenvalue weighted by Gasteiger charge is -2.27. The molecule has 4 nitrogen and oxygen atoms in total. The van der Waals surface area contributed by atoms with Gasteiger partial charge in [-0.25, -0.2) is 0 Å². The van der Waals surface area contributed by atoms with Crippen molar-refractivity contribution in [1.29, 1.82) is 0 Å². The molecular formula is C18H32N2O2. The van der Waals surface area contributed by atoms with E-state index in [0.29, 0.717) is 13.2 Å².